The topological polar surface area (TPSA) is 82.2 Å². The van der Waals surface area contributed by atoms with Crippen LogP contribution < -0.4 is 5.32 Å². The second-order valence-electron chi connectivity index (χ2n) is 4.46. The number of amides is 1. The second-order valence-corrected chi connectivity index (χ2v) is 5.61. The van der Waals surface area contributed by atoms with Crippen molar-refractivity contribution >= 4 is 23.6 Å². The SMILES string of the molecule is Cc1[nH]c(C(=O)O)c(C)c1C(=O)NC1CCSC1. The van der Waals surface area contributed by atoms with Crippen molar-refractivity contribution in [2.75, 3.05) is 11.5 Å². The third-order valence-electron chi connectivity index (χ3n) is 3.14. The molecule has 1 aliphatic heterocycles. The van der Waals surface area contributed by atoms with E-state index >= 15 is 0 Å². The number of aromatic amines is 1. The summed E-state index contributed by atoms with van der Waals surface area (Å²) in [4.78, 5) is 25.9. The van der Waals surface area contributed by atoms with E-state index in [0.717, 1.165) is 17.9 Å². The van der Waals surface area contributed by atoms with Crippen LogP contribution in [0.3, 0.4) is 0 Å². The number of carbonyl (C=O) groups excluding carboxylic acids is 1. The van der Waals surface area contributed by atoms with Crippen molar-refractivity contribution in [3.8, 4) is 0 Å². The van der Waals surface area contributed by atoms with Crippen LogP contribution in [0.25, 0.3) is 0 Å². The van der Waals surface area contributed by atoms with Crippen molar-refractivity contribution in [1.82, 2.24) is 10.3 Å². The molecule has 5 nitrogen and oxygen atoms in total. The molecule has 0 aliphatic carbocycles. The van der Waals surface area contributed by atoms with E-state index < -0.39 is 5.97 Å². The minimum Gasteiger partial charge on any atom is -0.477 e. The third kappa shape index (κ3) is 2.38. The number of H-pyrrole nitrogens is 1. The number of aromatic carboxylic acids is 1. The summed E-state index contributed by atoms with van der Waals surface area (Å²) in [5.74, 6) is 0.781. The largest absolute Gasteiger partial charge is 0.477 e. The molecular weight excluding hydrogens is 252 g/mol. The molecule has 1 aromatic rings. The molecule has 1 aromatic heterocycles. The van der Waals surface area contributed by atoms with Gasteiger partial charge in [0.15, 0.2) is 0 Å². The molecule has 1 saturated heterocycles. The summed E-state index contributed by atoms with van der Waals surface area (Å²) in [5, 5.41) is 12.0. The molecule has 0 spiro atoms. The summed E-state index contributed by atoms with van der Waals surface area (Å²) < 4.78 is 0. The Morgan fingerprint density at radius 1 is 1.44 bits per heavy atom. The Balaban J connectivity index is 2.21. The van der Waals surface area contributed by atoms with Crippen molar-refractivity contribution in [2.24, 2.45) is 0 Å². The van der Waals surface area contributed by atoms with Gasteiger partial charge in [-0.3, -0.25) is 4.79 Å². The van der Waals surface area contributed by atoms with Gasteiger partial charge in [-0.05, 0) is 31.6 Å². The molecule has 3 N–H and O–H groups in total. The molecule has 0 bridgehead atoms. The summed E-state index contributed by atoms with van der Waals surface area (Å²) in [6, 6.07) is 0.199. The minimum absolute atomic E-state index is 0.0958. The molecular formula is C12H16N2O3S. The molecule has 98 valence electrons. The van der Waals surface area contributed by atoms with Crippen molar-refractivity contribution < 1.29 is 14.7 Å². The van der Waals surface area contributed by atoms with Crippen LogP contribution in [0.4, 0.5) is 0 Å². The maximum atomic E-state index is 12.1. The van der Waals surface area contributed by atoms with Crippen LogP contribution in [0, 0.1) is 13.8 Å². The molecule has 1 aliphatic rings. The first-order chi connectivity index (χ1) is 8.50. The van der Waals surface area contributed by atoms with Crippen LogP contribution in [0.15, 0.2) is 0 Å². The summed E-state index contributed by atoms with van der Waals surface area (Å²) in [7, 11) is 0. The van der Waals surface area contributed by atoms with Crippen LogP contribution in [-0.2, 0) is 0 Å². The first-order valence-electron chi connectivity index (χ1n) is 5.81. The summed E-state index contributed by atoms with van der Waals surface area (Å²) in [5.41, 5.74) is 1.67. The van der Waals surface area contributed by atoms with E-state index in [2.05, 4.69) is 10.3 Å². The maximum absolute atomic E-state index is 12.1. The van der Waals surface area contributed by atoms with E-state index in [0.29, 0.717) is 16.8 Å². The van der Waals surface area contributed by atoms with Gasteiger partial charge in [0.25, 0.3) is 5.91 Å². The zero-order valence-electron chi connectivity index (χ0n) is 10.4. The number of hydrogen-bond acceptors (Lipinski definition) is 3. The van der Waals surface area contributed by atoms with E-state index in [-0.39, 0.29) is 17.6 Å². The number of aromatic nitrogens is 1. The number of carboxylic acids is 1. The summed E-state index contributed by atoms with van der Waals surface area (Å²) in [6.45, 7) is 3.38. The lowest BCUT2D eigenvalue weighted by Crippen LogP contribution is -2.35. The van der Waals surface area contributed by atoms with E-state index in [1.807, 2.05) is 11.8 Å². The number of hydrogen-bond donors (Lipinski definition) is 3. The Morgan fingerprint density at radius 3 is 2.67 bits per heavy atom. The second kappa shape index (κ2) is 5.06. The first-order valence-corrected chi connectivity index (χ1v) is 6.97. The molecule has 6 heteroatoms. The molecule has 1 atom stereocenters. The zero-order valence-corrected chi connectivity index (χ0v) is 11.2. The van der Waals surface area contributed by atoms with Crippen molar-refractivity contribution in [3.63, 3.8) is 0 Å². The number of carbonyl (C=O) groups is 2. The van der Waals surface area contributed by atoms with Gasteiger partial charge in [0.2, 0.25) is 0 Å². The average molecular weight is 268 g/mol. The van der Waals surface area contributed by atoms with E-state index in [9.17, 15) is 9.59 Å². The first kappa shape index (κ1) is 13.0. The van der Waals surface area contributed by atoms with Crippen LogP contribution in [0.2, 0.25) is 0 Å². The standard InChI is InChI=1S/C12H16N2O3S/c1-6-9(7(2)13-10(6)12(16)17)11(15)14-8-3-4-18-5-8/h8,13H,3-5H2,1-2H3,(H,14,15)(H,16,17). The van der Waals surface area contributed by atoms with Crippen molar-refractivity contribution in [1.29, 1.82) is 0 Å². The molecule has 0 radical (unpaired) electrons. The van der Waals surface area contributed by atoms with E-state index in [1.54, 1.807) is 13.8 Å². The predicted molar refractivity (Wildman–Crippen MR) is 70.4 cm³/mol. The maximum Gasteiger partial charge on any atom is 0.352 e. The highest BCUT2D eigenvalue weighted by molar-refractivity contribution is 7.99. The van der Waals surface area contributed by atoms with Gasteiger partial charge in [-0.1, -0.05) is 0 Å². The molecule has 1 unspecified atom stereocenters. The lowest BCUT2D eigenvalue weighted by atomic mass is 10.1. The van der Waals surface area contributed by atoms with Gasteiger partial charge in [0.1, 0.15) is 5.69 Å². The highest BCUT2D eigenvalue weighted by Crippen LogP contribution is 2.21. The van der Waals surface area contributed by atoms with Gasteiger partial charge >= 0.3 is 5.97 Å². The van der Waals surface area contributed by atoms with Crippen molar-refractivity contribution in [2.45, 2.75) is 26.3 Å². The summed E-state index contributed by atoms with van der Waals surface area (Å²) in [6.07, 6.45) is 0.977. The van der Waals surface area contributed by atoms with Gasteiger partial charge in [-0.2, -0.15) is 11.8 Å². The normalized spacial score (nSPS) is 18.9. The predicted octanol–water partition coefficient (Wildman–Crippen LogP) is 1.57. The van der Waals surface area contributed by atoms with Crippen LogP contribution in [0.1, 0.15) is 38.5 Å². The third-order valence-corrected chi connectivity index (χ3v) is 4.31. The molecule has 2 rings (SSSR count). The monoisotopic (exact) mass is 268 g/mol. The van der Waals surface area contributed by atoms with Crippen LogP contribution in [0.5, 0.6) is 0 Å². The highest BCUT2D eigenvalue weighted by atomic mass is 32.2. The quantitative estimate of drug-likeness (QED) is 0.777. The number of thioether (sulfide) groups is 1. The molecule has 0 saturated carbocycles. The lowest BCUT2D eigenvalue weighted by molar-refractivity contribution is 0.0690. The van der Waals surface area contributed by atoms with Crippen molar-refractivity contribution in [3.05, 3.63) is 22.5 Å². The van der Waals surface area contributed by atoms with Gasteiger partial charge in [-0.15, -0.1) is 0 Å². The molecule has 2 heterocycles. The Bertz CT molecular complexity index is 490. The minimum atomic E-state index is -1.04. The fourth-order valence-electron chi connectivity index (χ4n) is 2.21. The molecule has 1 fully saturated rings. The smallest absolute Gasteiger partial charge is 0.352 e. The van der Waals surface area contributed by atoms with Gasteiger partial charge in [0.05, 0.1) is 5.56 Å². The fourth-order valence-corrected chi connectivity index (χ4v) is 3.36. The lowest BCUT2D eigenvalue weighted by Gasteiger charge is -2.11. The molecule has 0 aromatic carbocycles. The van der Waals surface area contributed by atoms with Gasteiger partial charge < -0.3 is 15.4 Å². The highest BCUT2D eigenvalue weighted by Gasteiger charge is 2.24. The number of nitrogens with one attached hydrogen (secondary N) is 2. The van der Waals surface area contributed by atoms with Crippen LogP contribution in [-0.4, -0.2) is 39.5 Å². The fraction of sp³-hybridized carbons (Fsp3) is 0.500. The number of rotatable bonds is 3. The summed E-state index contributed by atoms with van der Waals surface area (Å²) >= 11 is 1.82. The number of aryl methyl sites for hydroxylation is 1. The zero-order chi connectivity index (χ0) is 13.3. The van der Waals surface area contributed by atoms with Gasteiger partial charge in [0, 0.05) is 17.5 Å². The Morgan fingerprint density at radius 2 is 2.17 bits per heavy atom. The number of carboxylic acid groups (broad SMARTS) is 1. The van der Waals surface area contributed by atoms with E-state index in [4.69, 9.17) is 5.11 Å². The van der Waals surface area contributed by atoms with Gasteiger partial charge in [-0.25, -0.2) is 4.79 Å². The molecule has 1 amide bonds. The Labute approximate surface area is 109 Å². The van der Waals surface area contributed by atoms with Crippen LogP contribution >= 0.6 is 11.8 Å². The Hall–Kier alpha value is -1.43. The van der Waals surface area contributed by atoms with E-state index in [1.165, 1.54) is 0 Å². The average Bonchev–Trinajstić information content (AvgIpc) is 2.86. The Kier molecular flexibility index (Phi) is 3.65. The molecule has 18 heavy (non-hydrogen) atoms.